The number of sulfonamides is 1. The Kier molecular flexibility index (Phi) is 6.96. The molecule has 3 rings (SSSR count). The lowest BCUT2D eigenvalue weighted by Crippen LogP contribution is -2.34. The highest BCUT2D eigenvalue weighted by Gasteiger charge is 2.19. The lowest BCUT2D eigenvalue weighted by molar-refractivity contribution is 0.0933. The van der Waals surface area contributed by atoms with Crippen LogP contribution in [-0.2, 0) is 16.6 Å². The number of rotatable bonds is 6. The number of nitrogens with zero attached hydrogens (tertiary/aromatic N) is 1. The smallest absolute Gasteiger partial charge is 0.251 e. The van der Waals surface area contributed by atoms with Crippen LogP contribution in [0.25, 0.3) is 0 Å². The van der Waals surface area contributed by atoms with Crippen molar-refractivity contribution < 1.29 is 13.2 Å². The summed E-state index contributed by atoms with van der Waals surface area (Å²) in [6.45, 7) is 2.25. The molecule has 0 spiro atoms. The molecule has 5 nitrogen and oxygen atoms in total. The number of carbonyl (C=O) groups excluding carboxylic acids is 1. The van der Waals surface area contributed by atoms with Crippen molar-refractivity contribution in [3.05, 3.63) is 65.2 Å². The van der Waals surface area contributed by atoms with Gasteiger partial charge in [0.2, 0.25) is 10.0 Å². The predicted octanol–water partition coefficient (Wildman–Crippen LogP) is 4.41. The average Bonchev–Trinajstić information content (AvgIpc) is 2.95. The second-order valence-corrected chi connectivity index (χ2v) is 9.87. The summed E-state index contributed by atoms with van der Waals surface area (Å²) in [7, 11) is -3.45. The van der Waals surface area contributed by atoms with Gasteiger partial charge in [-0.3, -0.25) is 9.10 Å². The third kappa shape index (κ3) is 6.07. The van der Waals surface area contributed by atoms with Crippen LogP contribution in [0, 0.1) is 6.92 Å². The molecule has 29 heavy (non-hydrogen) atoms. The Hall–Kier alpha value is -2.34. The Bertz CT molecular complexity index is 914. The number of nitrogens with one attached hydrogen (secondary N) is 1. The van der Waals surface area contributed by atoms with Crippen LogP contribution in [0.3, 0.4) is 0 Å². The molecule has 1 aliphatic carbocycles. The number of carbonyl (C=O) groups is 1. The second-order valence-electron chi connectivity index (χ2n) is 7.96. The van der Waals surface area contributed by atoms with Crippen LogP contribution in [0.15, 0.2) is 48.5 Å². The number of hydrogen-bond donors (Lipinski definition) is 1. The molecule has 1 fully saturated rings. The first kappa shape index (κ1) is 21.4. The zero-order chi connectivity index (χ0) is 20.9. The van der Waals surface area contributed by atoms with E-state index in [1.165, 1.54) is 23.4 Å². The van der Waals surface area contributed by atoms with Crippen LogP contribution in [-0.4, -0.2) is 26.6 Å². The molecule has 1 amide bonds. The van der Waals surface area contributed by atoms with Gasteiger partial charge in [0, 0.05) is 11.6 Å². The van der Waals surface area contributed by atoms with E-state index >= 15 is 0 Å². The normalized spacial score (nSPS) is 15.5. The summed E-state index contributed by atoms with van der Waals surface area (Å²) in [5.41, 5.74) is 3.15. The first-order chi connectivity index (χ1) is 13.8. The molecule has 0 radical (unpaired) electrons. The van der Waals surface area contributed by atoms with E-state index in [0.717, 1.165) is 36.8 Å². The van der Waals surface area contributed by atoms with Crippen molar-refractivity contribution in [2.75, 3.05) is 10.6 Å². The summed E-state index contributed by atoms with van der Waals surface area (Å²) in [6, 6.07) is 14.9. The largest absolute Gasteiger partial charge is 0.349 e. The molecule has 0 unspecified atom stereocenters. The zero-order valence-corrected chi connectivity index (χ0v) is 18.0. The molecular weight excluding hydrogens is 384 g/mol. The van der Waals surface area contributed by atoms with E-state index in [1.807, 2.05) is 31.2 Å². The van der Waals surface area contributed by atoms with Gasteiger partial charge in [-0.05, 0) is 49.6 Å². The number of aryl methyl sites for hydroxylation is 1. The van der Waals surface area contributed by atoms with Gasteiger partial charge < -0.3 is 5.32 Å². The summed E-state index contributed by atoms with van der Waals surface area (Å²) in [4.78, 5) is 12.6. The molecule has 0 saturated heterocycles. The molecule has 1 N–H and O–H groups in total. The Morgan fingerprint density at radius 3 is 2.10 bits per heavy atom. The van der Waals surface area contributed by atoms with Crippen molar-refractivity contribution in [3.8, 4) is 0 Å². The number of hydrogen-bond acceptors (Lipinski definition) is 3. The van der Waals surface area contributed by atoms with Gasteiger partial charge in [0.1, 0.15) is 0 Å². The van der Waals surface area contributed by atoms with Crippen molar-refractivity contribution in [1.82, 2.24) is 5.32 Å². The SMILES string of the molecule is Cc1ccc(CN(c2ccc(C(=O)NC3CCCCCC3)cc2)S(C)(=O)=O)cc1. The van der Waals surface area contributed by atoms with E-state index in [-0.39, 0.29) is 18.5 Å². The average molecular weight is 415 g/mol. The van der Waals surface area contributed by atoms with E-state index in [9.17, 15) is 13.2 Å². The van der Waals surface area contributed by atoms with Crippen molar-refractivity contribution >= 4 is 21.6 Å². The van der Waals surface area contributed by atoms with E-state index < -0.39 is 10.0 Å². The number of benzene rings is 2. The van der Waals surface area contributed by atoms with E-state index in [1.54, 1.807) is 24.3 Å². The predicted molar refractivity (Wildman–Crippen MR) is 118 cm³/mol. The van der Waals surface area contributed by atoms with Crippen molar-refractivity contribution in [1.29, 1.82) is 0 Å². The molecule has 2 aromatic rings. The molecular formula is C23H30N2O3S. The summed E-state index contributed by atoms with van der Waals surface area (Å²) in [5.74, 6) is -0.0899. The van der Waals surface area contributed by atoms with E-state index in [0.29, 0.717) is 11.3 Å². The summed E-state index contributed by atoms with van der Waals surface area (Å²) in [5, 5.41) is 3.13. The summed E-state index contributed by atoms with van der Waals surface area (Å²) >= 11 is 0. The lowest BCUT2D eigenvalue weighted by Gasteiger charge is -2.23. The topological polar surface area (TPSA) is 66.5 Å². The molecule has 2 aromatic carbocycles. The molecule has 0 atom stereocenters. The van der Waals surface area contributed by atoms with E-state index in [4.69, 9.17) is 0 Å². The Morgan fingerprint density at radius 2 is 1.55 bits per heavy atom. The fourth-order valence-corrected chi connectivity index (χ4v) is 4.62. The molecule has 0 aromatic heterocycles. The van der Waals surface area contributed by atoms with Crippen LogP contribution in [0.1, 0.15) is 60.0 Å². The van der Waals surface area contributed by atoms with Crippen molar-refractivity contribution in [3.63, 3.8) is 0 Å². The molecule has 156 valence electrons. The van der Waals surface area contributed by atoms with Gasteiger partial charge in [0.15, 0.2) is 0 Å². The van der Waals surface area contributed by atoms with Crippen LogP contribution in [0.2, 0.25) is 0 Å². The van der Waals surface area contributed by atoms with Gasteiger partial charge >= 0.3 is 0 Å². The van der Waals surface area contributed by atoms with Crippen molar-refractivity contribution in [2.45, 2.75) is 58.0 Å². The molecule has 1 saturated carbocycles. The monoisotopic (exact) mass is 414 g/mol. The molecule has 0 aliphatic heterocycles. The first-order valence-corrected chi connectivity index (χ1v) is 12.1. The van der Waals surface area contributed by atoms with Gasteiger partial charge in [0.05, 0.1) is 18.5 Å². The van der Waals surface area contributed by atoms with Gasteiger partial charge in [-0.1, -0.05) is 55.5 Å². The lowest BCUT2D eigenvalue weighted by atomic mass is 10.1. The maximum atomic E-state index is 12.6. The third-order valence-electron chi connectivity index (χ3n) is 5.45. The minimum Gasteiger partial charge on any atom is -0.349 e. The van der Waals surface area contributed by atoms with Crippen molar-refractivity contribution in [2.24, 2.45) is 0 Å². The molecule has 1 aliphatic rings. The van der Waals surface area contributed by atoms with Gasteiger partial charge in [-0.15, -0.1) is 0 Å². The Morgan fingerprint density at radius 1 is 0.966 bits per heavy atom. The zero-order valence-electron chi connectivity index (χ0n) is 17.2. The summed E-state index contributed by atoms with van der Waals surface area (Å²) in [6.07, 6.45) is 8.06. The van der Waals surface area contributed by atoms with Crippen LogP contribution in [0.4, 0.5) is 5.69 Å². The maximum Gasteiger partial charge on any atom is 0.251 e. The molecule has 0 heterocycles. The highest BCUT2D eigenvalue weighted by Crippen LogP contribution is 2.22. The third-order valence-corrected chi connectivity index (χ3v) is 6.60. The quantitative estimate of drug-likeness (QED) is 0.712. The van der Waals surface area contributed by atoms with Gasteiger partial charge in [-0.25, -0.2) is 8.42 Å². The number of amides is 1. The molecule has 6 heteroatoms. The number of anilines is 1. The molecule has 0 bridgehead atoms. The van der Waals surface area contributed by atoms with Gasteiger partial charge in [-0.2, -0.15) is 0 Å². The van der Waals surface area contributed by atoms with Gasteiger partial charge in [0.25, 0.3) is 5.91 Å². The maximum absolute atomic E-state index is 12.6. The highest BCUT2D eigenvalue weighted by molar-refractivity contribution is 7.92. The second kappa shape index (κ2) is 9.44. The van der Waals surface area contributed by atoms with Crippen LogP contribution < -0.4 is 9.62 Å². The minimum absolute atomic E-state index is 0.0899. The highest BCUT2D eigenvalue weighted by atomic mass is 32.2. The van der Waals surface area contributed by atoms with E-state index in [2.05, 4.69) is 5.32 Å². The minimum atomic E-state index is -3.45. The fraction of sp³-hybridized carbons (Fsp3) is 0.435. The fourth-order valence-electron chi connectivity index (χ4n) is 3.73. The Labute approximate surface area is 174 Å². The first-order valence-electron chi connectivity index (χ1n) is 10.3. The van der Waals surface area contributed by atoms with Crippen LogP contribution in [0.5, 0.6) is 0 Å². The van der Waals surface area contributed by atoms with Crippen LogP contribution >= 0.6 is 0 Å². The Balaban J connectivity index is 1.73. The summed E-state index contributed by atoms with van der Waals surface area (Å²) < 4.78 is 26.1. The standard InChI is InChI=1S/C23H30N2O3S/c1-18-9-11-19(12-10-18)17-25(29(2,27)28)22-15-13-20(14-16-22)23(26)24-21-7-5-3-4-6-8-21/h9-16,21H,3-8,17H2,1-2H3,(H,24,26).